The molecule has 0 spiro atoms. The number of likely N-dealkylation sites (tertiary alicyclic amines) is 1. The van der Waals surface area contributed by atoms with Gasteiger partial charge in [-0.25, -0.2) is 9.97 Å². The topological polar surface area (TPSA) is 61.8 Å². The van der Waals surface area contributed by atoms with Crippen LogP contribution in [0, 0.1) is 13.8 Å². The maximum Gasteiger partial charge on any atom is 0.416 e. The quantitative estimate of drug-likeness (QED) is 0.395. The zero-order valence-electron chi connectivity index (χ0n) is 25.4. The minimum absolute atomic E-state index is 0.00276. The molecule has 2 aliphatic rings. The molecule has 0 amide bonds. The van der Waals surface area contributed by atoms with Crippen molar-refractivity contribution in [3.05, 3.63) is 58.7 Å². The predicted molar refractivity (Wildman–Crippen MR) is 153 cm³/mol. The fourth-order valence-electron chi connectivity index (χ4n) is 6.60. The van der Waals surface area contributed by atoms with Gasteiger partial charge in [0, 0.05) is 51.4 Å². The number of Topliss-reactive ketones (excluding diaryl/α,β-unsaturated/α-hetero) is 1. The highest BCUT2D eigenvalue weighted by Gasteiger charge is 2.45. The lowest BCUT2D eigenvalue weighted by Crippen LogP contribution is -2.64. The van der Waals surface area contributed by atoms with E-state index in [1.54, 1.807) is 19.2 Å². The molecular formula is C31H44F3N5O2. The SMILES string of the molecule is COC[C@@H](c1ccc(C(F)(F)F)cc1)N1CCN(C2(C)CCN(C(C)(C)C(=O)c3c(C)ncnc3C)CC2)C[C@@H]1C. The third-order valence-electron chi connectivity index (χ3n) is 9.43. The Balaban J connectivity index is 1.41. The van der Waals surface area contributed by atoms with E-state index in [0.29, 0.717) is 23.6 Å². The molecule has 0 radical (unpaired) electrons. The van der Waals surface area contributed by atoms with E-state index in [0.717, 1.165) is 63.3 Å². The minimum Gasteiger partial charge on any atom is -0.383 e. The number of benzene rings is 1. The highest BCUT2D eigenvalue weighted by molar-refractivity contribution is 6.04. The Morgan fingerprint density at radius 3 is 2.15 bits per heavy atom. The van der Waals surface area contributed by atoms with Gasteiger partial charge in [-0.2, -0.15) is 13.2 Å². The first-order chi connectivity index (χ1) is 19.2. The number of piperidine rings is 1. The normalized spacial score (nSPS) is 22.0. The van der Waals surface area contributed by atoms with Crippen LogP contribution in [0.1, 0.15) is 79.5 Å². The first-order valence-corrected chi connectivity index (χ1v) is 14.4. The molecule has 4 rings (SSSR count). The number of hydrogen-bond acceptors (Lipinski definition) is 7. The van der Waals surface area contributed by atoms with Crippen molar-refractivity contribution in [2.24, 2.45) is 0 Å². The fraction of sp³-hybridized carbons (Fsp3) is 0.645. The van der Waals surface area contributed by atoms with Crippen LogP contribution in [0.25, 0.3) is 0 Å². The van der Waals surface area contributed by atoms with E-state index in [1.807, 2.05) is 27.7 Å². The monoisotopic (exact) mass is 575 g/mol. The Morgan fingerprint density at radius 2 is 1.63 bits per heavy atom. The lowest BCUT2D eigenvalue weighted by molar-refractivity contribution is -0.137. The maximum atomic E-state index is 13.6. The fourth-order valence-corrected chi connectivity index (χ4v) is 6.60. The first-order valence-electron chi connectivity index (χ1n) is 14.4. The van der Waals surface area contributed by atoms with Gasteiger partial charge in [-0.15, -0.1) is 0 Å². The lowest BCUT2D eigenvalue weighted by atomic mass is 9.82. The molecule has 2 fully saturated rings. The van der Waals surface area contributed by atoms with Crippen molar-refractivity contribution in [3.63, 3.8) is 0 Å². The molecule has 3 heterocycles. The zero-order valence-corrected chi connectivity index (χ0v) is 25.4. The molecule has 0 bridgehead atoms. The number of rotatable bonds is 8. The molecule has 2 aromatic rings. The number of methoxy groups -OCH3 is 1. The van der Waals surface area contributed by atoms with Gasteiger partial charge in [-0.05, 0) is 72.1 Å². The van der Waals surface area contributed by atoms with E-state index in [1.165, 1.54) is 6.33 Å². The molecule has 0 unspecified atom stereocenters. The second kappa shape index (κ2) is 12.1. The molecule has 10 heteroatoms. The second-order valence-corrected chi connectivity index (χ2v) is 12.4. The van der Waals surface area contributed by atoms with E-state index < -0.39 is 17.3 Å². The molecular weight excluding hydrogens is 531 g/mol. The van der Waals surface area contributed by atoms with Gasteiger partial charge in [0.25, 0.3) is 0 Å². The molecule has 7 nitrogen and oxygen atoms in total. The summed E-state index contributed by atoms with van der Waals surface area (Å²) in [6, 6.07) is 5.56. The van der Waals surface area contributed by atoms with Crippen molar-refractivity contribution >= 4 is 5.78 Å². The third-order valence-corrected chi connectivity index (χ3v) is 9.43. The van der Waals surface area contributed by atoms with Crippen LogP contribution in [0.5, 0.6) is 0 Å². The molecule has 2 atom stereocenters. The number of halogens is 3. The summed E-state index contributed by atoms with van der Waals surface area (Å²) in [5.41, 5.74) is 1.59. The molecule has 0 N–H and O–H groups in total. The zero-order chi connectivity index (χ0) is 30.2. The van der Waals surface area contributed by atoms with Crippen LogP contribution in [0.3, 0.4) is 0 Å². The summed E-state index contributed by atoms with van der Waals surface area (Å²) in [5, 5.41) is 0. The van der Waals surface area contributed by atoms with E-state index in [4.69, 9.17) is 4.74 Å². The number of hydrogen-bond donors (Lipinski definition) is 0. The van der Waals surface area contributed by atoms with Crippen LogP contribution in [-0.4, -0.2) is 94.0 Å². The Kier molecular flexibility index (Phi) is 9.28. The Bertz CT molecular complexity index is 1190. The molecule has 2 saturated heterocycles. The number of nitrogens with zero attached hydrogens (tertiary/aromatic N) is 5. The summed E-state index contributed by atoms with van der Waals surface area (Å²) >= 11 is 0. The number of ketones is 1. The minimum atomic E-state index is -4.35. The second-order valence-electron chi connectivity index (χ2n) is 12.4. The van der Waals surface area contributed by atoms with Gasteiger partial charge in [-0.1, -0.05) is 12.1 Å². The number of carbonyl (C=O) groups is 1. The van der Waals surface area contributed by atoms with E-state index in [-0.39, 0.29) is 23.4 Å². The van der Waals surface area contributed by atoms with E-state index >= 15 is 0 Å². The highest BCUT2D eigenvalue weighted by atomic mass is 19.4. The largest absolute Gasteiger partial charge is 0.416 e. The van der Waals surface area contributed by atoms with E-state index in [2.05, 4.69) is 38.5 Å². The Hall–Kier alpha value is -2.40. The molecule has 1 aromatic heterocycles. The van der Waals surface area contributed by atoms with Gasteiger partial charge in [0.1, 0.15) is 6.33 Å². The maximum absolute atomic E-state index is 13.6. The Morgan fingerprint density at radius 1 is 1.05 bits per heavy atom. The van der Waals surface area contributed by atoms with Crippen molar-refractivity contribution < 1.29 is 22.7 Å². The number of alkyl halides is 3. The average molecular weight is 576 g/mol. The molecule has 0 saturated carbocycles. The van der Waals surface area contributed by atoms with Crippen molar-refractivity contribution in [2.75, 3.05) is 46.4 Å². The van der Waals surface area contributed by atoms with Gasteiger partial charge in [0.2, 0.25) is 0 Å². The van der Waals surface area contributed by atoms with Crippen molar-refractivity contribution in [3.8, 4) is 0 Å². The first kappa shape index (κ1) is 31.5. The van der Waals surface area contributed by atoms with Crippen LogP contribution in [0.4, 0.5) is 13.2 Å². The van der Waals surface area contributed by atoms with Crippen LogP contribution < -0.4 is 0 Å². The van der Waals surface area contributed by atoms with Crippen LogP contribution >= 0.6 is 0 Å². The van der Waals surface area contributed by atoms with Crippen LogP contribution in [0.2, 0.25) is 0 Å². The van der Waals surface area contributed by atoms with Gasteiger partial charge in [0.15, 0.2) is 5.78 Å². The number of ether oxygens (including phenoxy) is 1. The van der Waals surface area contributed by atoms with E-state index in [9.17, 15) is 18.0 Å². The van der Waals surface area contributed by atoms with Gasteiger partial charge < -0.3 is 4.74 Å². The van der Waals surface area contributed by atoms with Crippen molar-refractivity contribution in [1.29, 1.82) is 0 Å². The molecule has 41 heavy (non-hydrogen) atoms. The number of aryl methyl sites for hydroxylation is 2. The molecule has 1 aromatic carbocycles. The standard InChI is InChI=1S/C31H44F3N5O2/c1-21-18-38(16-17-39(21)26(19-41-7)24-8-10-25(11-9-24)31(32,33)34)30(6)12-14-37(15-13-30)29(4,5)28(40)27-22(2)35-20-36-23(27)3/h8-11,20-21,26H,12-19H2,1-7H3/t21-,26-/m0/s1. The smallest absolute Gasteiger partial charge is 0.383 e. The van der Waals surface area contributed by atoms with Gasteiger partial charge in [-0.3, -0.25) is 19.5 Å². The lowest BCUT2D eigenvalue weighted by Gasteiger charge is -2.54. The van der Waals surface area contributed by atoms with Gasteiger partial charge >= 0.3 is 6.18 Å². The average Bonchev–Trinajstić information content (AvgIpc) is 2.91. The van der Waals surface area contributed by atoms with Crippen LogP contribution in [0.15, 0.2) is 30.6 Å². The third kappa shape index (κ3) is 6.50. The van der Waals surface area contributed by atoms with Crippen molar-refractivity contribution in [1.82, 2.24) is 24.7 Å². The highest BCUT2D eigenvalue weighted by Crippen LogP contribution is 2.37. The summed E-state index contributed by atoms with van der Waals surface area (Å²) in [5.74, 6) is 0.0615. The van der Waals surface area contributed by atoms with Crippen molar-refractivity contribution in [2.45, 2.75) is 83.7 Å². The molecule has 226 valence electrons. The molecule has 0 aliphatic carbocycles. The number of aromatic nitrogens is 2. The number of carbonyl (C=O) groups excluding carboxylic acids is 1. The summed E-state index contributed by atoms with van der Waals surface area (Å²) < 4.78 is 44.9. The van der Waals surface area contributed by atoms with Gasteiger partial charge in [0.05, 0.1) is 40.7 Å². The summed E-state index contributed by atoms with van der Waals surface area (Å²) in [6.07, 6.45) is -0.960. The summed E-state index contributed by atoms with van der Waals surface area (Å²) in [7, 11) is 1.63. The predicted octanol–water partition coefficient (Wildman–Crippen LogP) is 5.32. The summed E-state index contributed by atoms with van der Waals surface area (Å²) in [4.78, 5) is 29.4. The summed E-state index contributed by atoms with van der Waals surface area (Å²) in [6.45, 7) is 16.8. The number of piperazine rings is 1. The van der Waals surface area contributed by atoms with Crippen LogP contribution in [-0.2, 0) is 10.9 Å². The molecule has 2 aliphatic heterocycles. The Labute approximate surface area is 242 Å².